The largest absolute Gasteiger partial charge is 0.490 e. The molecule has 2 heterocycles. The molecule has 0 spiro atoms. The Labute approximate surface area is 155 Å². The summed E-state index contributed by atoms with van der Waals surface area (Å²) >= 11 is 1.23. The second-order valence-electron chi connectivity index (χ2n) is 5.87. The van der Waals surface area contributed by atoms with Crippen molar-refractivity contribution in [2.24, 2.45) is 0 Å². The molecule has 0 atom stereocenters. The first-order chi connectivity index (χ1) is 12.7. The zero-order chi connectivity index (χ0) is 18.4. The van der Waals surface area contributed by atoms with E-state index in [1.54, 1.807) is 22.8 Å². The van der Waals surface area contributed by atoms with Crippen LogP contribution in [0.2, 0.25) is 0 Å². The van der Waals surface area contributed by atoms with Crippen molar-refractivity contribution in [2.45, 2.75) is 37.9 Å². The van der Waals surface area contributed by atoms with Gasteiger partial charge in [-0.1, -0.05) is 25.1 Å². The van der Waals surface area contributed by atoms with E-state index in [0.29, 0.717) is 42.1 Å². The van der Waals surface area contributed by atoms with E-state index in [2.05, 4.69) is 22.4 Å². The van der Waals surface area contributed by atoms with Crippen LogP contribution in [0.1, 0.15) is 26.2 Å². The minimum atomic E-state index is -0.246. The molecule has 1 aromatic heterocycles. The summed E-state index contributed by atoms with van der Waals surface area (Å²) in [7, 11) is 0. The zero-order valence-corrected chi connectivity index (χ0v) is 15.4. The van der Waals surface area contributed by atoms with E-state index in [1.807, 2.05) is 0 Å². The van der Waals surface area contributed by atoms with E-state index in [0.717, 1.165) is 19.3 Å². The number of aromatic nitrogens is 3. The van der Waals surface area contributed by atoms with Gasteiger partial charge in [0.15, 0.2) is 16.7 Å². The van der Waals surface area contributed by atoms with Crippen LogP contribution in [0.25, 0.3) is 0 Å². The van der Waals surface area contributed by atoms with Crippen molar-refractivity contribution in [1.29, 1.82) is 0 Å². The summed E-state index contributed by atoms with van der Waals surface area (Å²) in [5.41, 5.74) is 0.398. The summed E-state index contributed by atoms with van der Waals surface area (Å²) in [6.45, 7) is 3.87. The van der Waals surface area contributed by atoms with Gasteiger partial charge in [0.1, 0.15) is 0 Å². The van der Waals surface area contributed by atoms with E-state index < -0.39 is 0 Å². The van der Waals surface area contributed by atoms with E-state index >= 15 is 0 Å². The molecule has 1 aliphatic rings. The van der Waals surface area contributed by atoms with Crippen molar-refractivity contribution in [3.63, 3.8) is 0 Å². The van der Waals surface area contributed by atoms with Crippen LogP contribution < -0.4 is 20.5 Å². The number of ether oxygens (including phenoxy) is 2. The first-order valence-corrected chi connectivity index (χ1v) is 9.63. The molecule has 1 aromatic carbocycles. The maximum atomic E-state index is 12.2. The molecule has 2 aromatic rings. The lowest BCUT2D eigenvalue weighted by molar-refractivity contribution is -0.113. The molecule has 3 rings (SSSR count). The highest BCUT2D eigenvalue weighted by molar-refractivity contribution is 7.99. The van der Waals surface area contributed by atoms with E-state index in [1.165, 1.54) is 11.8 Å². The normalized spacial score (nSPS) is 13.3. The van der Waals surface area contributed by atoms with Crippen LogP contribution in [0.15, 0.2) is 28.2 Å². The number of unbranched alkanes of at least 4 members (excludes halogenated alkanes) is 1. The highest BCUT2D eigenvalue weighted by atomic mass is 32.2. The summed E-state index contributed by atoms with van der Waals surface area (Å²) in [4.78, 5) is 24.0. The predicted octanol–water partition coefficient (Wildman–Crippen LogP) is 2.26. The van der Waals surface area contributed by atoms with Gasteiger partial charge < -0.3 is 14.8 Å². The second-order valence-corrected chi connectivity index (χ2v) is 6.81. The van der Waals surface area contributed by atoms with Crippen molar-refractivity contribution < 1.29 is 14.3 Å². The molecular formula is C17H22N4O4S. The van der Waals surface area contributed by atoms with Crippen LogP contribution in [0.3, 0.4) is 0 Å². The molecule has 1 amide bonds. The number of hydrogen-bond acceptors (Lipinski definition) is 6. The van der Waals surface area contributed by atoms with Crippen molar-refractivity contribution >= 4 is 23.4 Å². The van der Waals surface area contributed by atoms with Gasteiger partial charge in [0.05, 0.1) is 19.0 Å². The first kappa shape index (κ1) is 18.4. The van der Waals surface area contributed by atoms with Gasteiger partial charge in [-0.25, -0.2) is 9.89 Å². The van der Waals surface area contributed by atoms with Gasteiger partial charge in [0, 0.05) is 24.7 Å². The van der Waals surface area contributed by atoms with Gasteiger partial charge in [0.25, 0.3) is 0 Å². The van der Waals surface area contributed by atoms with Crippen LogP contribution in [-0.4, -0.2) is 39.6 Å². The number of nitrogens with one attached hydrogen (secondary N) is 2. The van der Waals surface area contributed by atoms with Gasteiger partial charge in [-0.2, -0.15) is 0 Å². The van der Waals surface area contributed by atoms with Crippen LogP contribution in [0.5, 0.6) is 11.5 Å². The topological polar surface area (TPSA) is 98.2 Å². The standard InChI is InChI=1S/C17H22N4O4S/c1-2-3-7-21-16(23)19-20-17(21)26-11-15(22)18-12-5-6-13-14(10-12)25-9-4-8-24-13/h5-6,10H,2-4,7-9,11H2,1H3,(H,18,22)(H,19,23). The van der Waals surface area contributed by atoms with Crippen molar-refractivity contribution in [1.82, 2.24) is 14.8 Å². The van der Waals surface area contributed by atoms with Crippen molar-refractivity contribution in [3.05, 3.63) is 28.7 Å². The smallest absolute Gasteiger partial charge is 0.343 e. The lowest BCUT2D eigenvalue weighted by Gasteiger charge is -2.10. The van der Waals surface area contributed by atoms with Crippen LogP contribution >= 0.6 is 11.8 Å². The Morgan fingerprint density at radius 3 is 2.96 bits per heavy atom. The Morgan fingerprint density at radius 1 is 1.35 bits per heavy atom. The number of nitrogens with zero attached hydrogens (tertiary/aromatic N) is 2. The summed E-state index contributed by atoms with van der Waals surface area (Å²) < 4.78 is 12.8. The minimum absolute atomic E-state index is 0.158. The Kier molecular flexibility index (Phi) is 6.21. The Balaban J connectivity index is 1.58. The van der Waals surface area contributed by atoms with Gasteiger partial charge in [-0.05, 0) is 18.6 Å². The average Bonchev–Trinajstić information content (AvgIpc) is 2.83. The lowest BCUT2D eigenvalue weighted by atomic mass is 10.2. The molecule has 8 nitrogen and oxygen atoms in total. The summed E-state index contributed by atoms with van der Waals surface area (Å²) in [5.74, 6) is 1.30. The maximum Gasteiger partial charge on any atom is 0.343 e. The molecule has 140 valence electrons. The fourth-order valence-corrected chi connectivity index (χ4v) is 3.27. The fourth-order valence-electron chi connectivity index (χ4n) is 2.50. The second kappa shape index (κ2) is 8.79. The van der Waals surface area contributed by atoms with Crippen LogP contribution in [0.4, 0.5) is 5.69 Å². The molecule has 2 N–H and O–H groups in total. The molecule has 0 saturated carbocycles. The van der Waals surface area contributed by atoms with E-state index in [-0.39, 0.29) is 17.3 Å². The number of anilines is 1. The molecule has 0 fully saturated rings. The highest BCUT2D eigenvalue weighted by Crippen LogP contribution is 2.32. The Bertz CT molecular complexity index is 817. The molecule has 0 aliphatic carbocycles. The molecule has 0 unspecified atom stereocenters. The number of carbonyl (C=O) groups is 1. The van der Waals surface area contributed by atoms with Crippen molar-refractivity contribution in [3.8, 4) is 11.5 Å². The number of carbonyl (C=O) groups excluding carboxylic acids is 1. The van der Waals surface area contributed by atoms with Gasteiger partial charge in [0.2, 0.25) is 5.91 Å². The molecule has 0 radical (unpaired) electrons. The van der Waals surface area contributed by atoms with E-state index in [4.69, 9.17) is 9.47 Å². The summed E-state index contributed by atoms with van der Waals surface area (Å²) in [6, 6.07) is 5.33. The number of amides is 1. The van der Waals surface area contributed by atoms with Gasteiger partial charge in [-0.15, -0.1) is 5.10 Å². The molecule has 0 saturated heterocycles. The van der Waals surface area contributed by atoms with Crippen molar-refractivity contribution in [2.75, 3.05) is 24.3 Å². The number of aromatic amines is 1. The Hall–Kier alpha value is -2.42. The summed E-state index contributed by atoms with van der Waals surface area (Å²) in [5, 5.41) is 9.78. The lowest BCUT2D eigenvalue weighted by Crippen LogP contribution is -2.19. The number of benzene rings is 1. The SMILES string of the molecule is CCCCn1c(SCC(=O)Nc2ccc3c(c2)OCCCO3)n[nH]c1=O. The highest BCUT2D eigenvalue weighted by Gasteiger charge is 2.14. The first-order valence-electron chi connectivity index (χ1n) is 8.65. The minimum Gasteiger partial charge on any atom is -0.490 e. The van der Waals surface area contributed by atoms with Crippen LogP contribution in [-0.2, 0) is 11.3 Å². The third-order valence-electron chi connectivity index (χ3n) is 3.82. The number of rotatable bonds is 7. The Morgan fingerprint density at radius 2 is 2.15 bits per heavy atom. The zero-order valence-electron chi connectivity index (χ0n) is 14.6. The van der Waals surface area contributed by atoms with Gasteiger partial charge in [-0.3, -0.25) is 9.36 Å². The number of fused-ring (bicyclic) bond motifs is 1. The quantitative estimate of drug-likeness (QED) is 0.717. The fraction of sp³-hybridized carbons (Fsp3) is 0.471. The third-order valence-corrected chi connectivity index (χ3v) is 4.80. The molecule has 9 heteroatoms. The van der Waals surface area contributed by atoms with Gasteiger partial charge >= 0.3 is 5.69 Å². The number of hydrogen-bond donors (Lipinski definition) is 2. The third kappa shape index (κ3) is 4.60. The van der Waals surface area contributed by atoms with E-state index in [9.17, 15) is 9.59 Å². The van der Waals surface area contributed by atoms with Crippen LogP contribution in [0, 0.1) is 0 Å². The molecule has 0 bridgehead atoms. The maximum absolute atomic E-state index is 12.2. The monoisotopic (exact) mass is 378 g/mol. The number of thioether (sulfide) groups is 1. The molecular weight excluding hydrogens is 356 g/mol. The predicted molar refractivity (Wildman–Crippen MR) is 99.2 cm³/mol. The summed E-state index contributed by atoms with van der Waals surface area (Å²) in [6.07, 6.45) is 2.69. The average molecular weight is 378 g/mol. The molecule has 1 aliphatic heterocycles. The molecule has 26 heavy (non-hydrogen) atoms. The number of H-pyrrole nitrogens is 1.